The Morgan fingerprint density at radius 2 is 2.27 bits per heavy atom. The number of nitrogens with zero attached hydrogens (tertiary/aromatic N) is 1. The summed E-state index contributed by atoms with van der Waals surface area (Å²) in [5, 5.41) is 3.56. The van der Waals surface area contributed by atoms with Crippen molar-refractivity contribution in [2.45, 2.75) is 13.8 Å². The zero-order valence-electron chi connectivity index (χ0n) is 6.25. The van der Waals surface area contributed by atoms with Crippen LogP contribution in [0.4, 0.5) is 4.79 Å². The molecule has 0 fully saturated rings. The molecule has 0 aliphatic heterocycles. The van der Waals surface area contributed by atoms with E-state index in [1.807, 2.05) is 0 Å². The standard InChI is InChI=1S/C6H8N2O3/c1-3-5(10-6(7)9)4(2)11-8-3/h1-2H3,(H2,7,9). The Labute approximate surface area is 63.1 Å². The maximum atomic E-state index is 10.3. The molecule has 0 aromatic carbocycles. The van der Waals surface area contributed by atoms with Gasteiger partial charge in [0.25, 0.3) is 0 Å². The summed E-state index contributed by atoms with van der Waals surface area (Å²) >= 11 is 0. The number of aryl methyl sites for hydroxylation is 2. The Morgan fingerprint density at radius 1 is 1.64 bits per heavy atom. The lowest BCUT2D eigenvalue weighted by molar-refractivity contribution is 0.209. The van der Waals surface area contributed by atoms with E-state index in [2.05, 4.69) is 9.89 Å². The lowest BCUT2D eigenvalue weighted by Crippen LogP contribution is -2.16. The quantitative estimate of drug-likeness (QED) is 0.650. The van der Waals surface area contributed by atoms with Crippen LogP contribution in [0.1, 0.15) is 11.5 Å². The van der Waals surface area contributed by atoms with E-state index in [1.165, 1.54) is 0 Å². The van der Waals surface area contributed by atoms with E-state index in [9.17, 15) is 4.79 Å². The summed E-state index contributed by atoms with van der Waals surface area (Å²) < 4.78 is 9.31. The van der Waals surface area contributed by atoms with Crippen LogP contribution in [0.3, 0.4) is 0 Å². The largest absolute Gasteiger partial charge is 0.410 e. The van der Waals surface area contributed by atoms with Crippen molar-refractivity contribution in [2.24, 2.45) is 5.73 Å². The molecular weight excluding hydrogens is 148 g/mol. The van der Waals surface area contributed by atoms with Gasteiger partial charge in [0.1, 0.15) is 5.69 Å². The van der Waals surface area contributed by atoms with Gasteiger partial charge in [-0.1, -0.05) is 5.16 Å². The van der Waals surface area contributed by atoms with Gasteiger partial charge in [0.05, 0.1) is 0 Å². The highest BCUT2D eigenvalue weighted by atomic mass is 16.6. The Balaban J connectivity index is 2.92. The first-order valence-electron chi connectivity index (χ1n) is 3.01. The number of rotatable bonds is 1. The molecule has 11 heavy (non-hydrogen) atoms. The molecule has 2 N–H and O–H groups in total. The highest BCUT2D eigenvalue weighted by molar-refractivity contribution is 5.68. The van der Waals surface area contributed by atoms with Crippen LogP contribution in [0.5, 0.6) is 5.75 Å². The third-order valence-corrected chi connectivity index (χ3v) is 1.17. The molecule has 0 saturated heterocycles. The zero-order chi connectivity index (χ0) is 8.43. The molecule has 0 aliphatic rings. The molecule has 0 saturated carbocycles. The second-order valence-electron chi connectivity index (χ2n) is 2.07. The van der Waals surface area contributed by atoms with Crippen molar-refractivity contribution in [2.75, 3.05) is 0 Å². The van der Waals surface area contributed by atoms with Crippen molar-refractivity contribution in [1.29, 1.82) is 0 Å². The number of ether oxygens (including phenoxy) is 1. The highest BCUT2D eigenvalue weighted by Crippen LogP contribution is 2.21. The maximum Gasteiger partial charge on any atom is 0.410 e. The summed E-state index contributed by atoms with van der Waals surface area (Å²) in [6.45, 7) is 3.30. The number of hydrogen-bond acceptors (Lipinski definition) is 4. The highest BCUT2D eigenvalue weighted by Gasteiger charge is 2.11. The summed E-state index contributed by atoms with van der Waals surface area (Å²) in [6, 6.07) is 0. The predicted molar refractivity (Wildman–Crippen MR) is 36.2 cm³/mol. The molecule has 0 atom stereocenters. The van der Waals surface area contributed by atoms with Gasteiger partial charge >= 0.3 is 6.09 Å². The number of amides is 1. The summed E-state index contributed by atoms with van der Waals surface area (Å²) in [4.78, 5) is 10.3. The van der Waals surface area contributed by atoms with Gasteiger partial charge in [-0.25, -0.2) is 4.79 Å². The van der Waals surface area contributed by atoms with E-state index in [-0.39, 0.29) is 0 Å². The van der Waals surface area contributed by atoms with Crippen LogP contribution in [0.25, 0.3) is 0 Å². The molecule has 0 unspecified atom stereocenters. The fourth-order valence-corrected chi connectivity index (χ4v) is 0.721. The van der Waals surface area contributed by atoms with E-state index >= 15 is 0 Å². The summed E-state index contributed by atoms with van der Waals surface area (Å²) in [5.74, 6) is 0.749. The van der Waals surface area contributed by atoms with Crippen molar-refractivity contribution >= 4 is 6.09 Å². The monoisotopic (exact) mass is 156 g/mol. The molecule has 5 heteroatoms. The van der Waals surface area contributed by atoms with Crippen LogP contribution in [0.2, 0.25) is 0 Å². The third kappa shape index (κ3) is 1.49. The normalized spacial score (nSPS) is 9.64. The van der Waals surface area contributed by atoms with Crippen molar-refractivity contribution in [3.8, 4) is 5.75 Å². The second kappa shape index (κ2) is 2.61. The fraction of sp³-hybridized carbons (Fsp3) is 0.333. The van der Waals surface area contributed by atoms with Crippen molar-refractivity contribution < 1.29 is 14.1 Å². The minimum absolute atomic E-state index is 0.303. The van der Waals surface area contributed by atoms with Gasteiger partial charge < -0.3 is 15.0 Å². The van der Waals surface area contributed by atoms with Crippen LogP contribution in [0.15, 0.2) is 4.52 Å². The van der Waals surface area contributed by atoms with Gasteiger partial charge in [0.2, 0.25) is 0 Å². The summed E-state index contributed by atoms with van der Waals surface area (Å²) in [5.41, 5.74) is 5.31. The van der Waals surface area contributed by atoms with Gasteiger partial charge in [-0.2, -0.15) is 0 Å². The number of aromatic nitrogens is 1. The summed E-state index contributed by atoms with van der Waals surface area (Å²) in [6.07, 6.45) is -0.862. The van der Waals surface area contributed by atoms with Gasteiger partial charge in [0.15, 0.2) is 11.5 Å². The van der Waals surface area contributed by atoms with Crippen molar-refractivity contribution in [3.05, 3.63) is 11.5 Å². The van der Waals surface area contributed by atoms with E-state index in [0.717, 1.165) is 0 Å². The predicted octanol–water partition coefficient (Wildman–Crippen LogP) is 0.749. The molecule has 1 amide bonds. The minimum Gasteiger partial charge on any atom is -0.405 e. The second-order valence-corrected chi connectivity index (χ2v) is 2.07. The van der Waals surface area contributed by atoms with Crippen molar-refractivity contribution in [1.82, 2.24) is 5.16 Å². The lowest BCUT2D eigenvalue weighted by Gasteiger charge is -1.96. The number of hydrogen-bond donors (Lipinski definition) is 1. The topological polar surface area (TPSA) is 78.3 Å². The average molecular weight is 156 g/mol. The smallest absolute Gasteiger partial charge is 0.405 e. The molecule has 0 bridgehead atoms. The molecule has 60 valence electrons. The zero-order valence-corrected chi connectivity index (χ0v) is 6.25. The van der Waals surface area contributed by atoms with Crippen LogP contribution in [0, 0.1) is 13.8 Å². The third-order valence-electron chi connectivity index (χ3n) is 1.17. The Bertz CT molecular complexity index is 260. The molecule has 0 spiro atoms. The van der Waals surface area contributed by atoms with Crippen LogP contribution >= 0.6 is 0 Å². The molecular formula is C6H8N2O3. The average Bonchev–Trinajstić information content (AvgIpc) is 2.18. The van der Waals surface area contributed by atoms with Crippen LogP contribution in [-0.4, -0.2) is 11.2 Å². The maximum absolute atomic E-state index is 10.3. The minimum atomic E-state index is -0.862. The van der Waals surface area contributed by atoms with Crippen molar-refractivity contribution in [3.63, 3.8) is 0 Å². The molecule has 0 aliphatic carbocycles. The van der Waals surface area contributed by atoms with E-state index in [0.29, 0.717) is 17.2 Å². The molecule has 1 rings (SSSR count). The number of carbonyl (C=O) groups is 1. The summed E-state index contributed by atoms with van der Waals surface area (Å²) in [7, 11) is 0. The number of carbonyl (C=O) groups excluding carboxylic acids is 1. The van der Waals surface area contributed by atoms with Crippen LogP contribution in [-0.2, 0) is 0 Å². The molecule has 0 radical (unpaired) electrons. The van der Waals surface area contributed by atoms with Gasteiger partial charge in [0, 0.05) is 6.92 Å². The van der Waals surface area contributed by atoms with E-state index in [1.54, 1.807) is 13.8 Å². The SMILES string of the molecule is Cc1noc(C)c1OC(N)=O. The fourth-order valence-electron chi connectivity index (χ4n) is 0.721. The first kappa shape index (κ1) is 7.59. The molecule has 1 heterocycles. The van der Waals surface area contributed by atoms with Gasteiger partial charge in [-0.05, 0) is 6.92 Å². The number of nitrogens with two attached hydrogens (primary N) is 1. The first-order valence-corrected chi connectivity index (χ1v) is 3.01. The number of primary amides is 1. The van der Waals surface area contributed by atoms with E-state index < -0.39 is 6.09 Å². The Morgan fingerprint density at radius 3 is 2.64 bits per heavy atom. The molecule has 1 aromatic heterocycles. The first-order chi connectivity index (χ1) is 5.11. The van der Waals surface area contributed by atoms with Gasteiger partial charge in [-0.3, -0.25) is 0 Å². The lowest BCUT2D eigenvalue weighted by atomic mass is 10.4. The Hall–Kier alpha value is -1.52. The van der Waals surface area contributed by atoms with E-state index in [4.69, 9.17) is 10.3 Å². The van der Waals surface area contributed by atoms with Gasteiger partial charge in [-0.15, -0.1) is 0 Å². The van der Waals surface area contributed by atoms with Crippen LogP contribution < -0.4 is 10.5 Å². The molecule has 5 nitrogen and oxygen atoms in total. The molecule has 1 aromatic rings. The Kier molecular flexibility index (Phi) is 1.80.